The minimum atomic E-state index is -3.67. The van der Waals surface area contributed by atoms with Gasteiger partial charge in [0.2, 0.25) is 21.8 Å². The van der Waals surface area contributed by atoms with Crippen molar-refractivity contribution < 1.29 is 18.0 Å². The Morgan fingerprint density at radius 2 is 1.66 bits per heavy atom. The van der Waals surface area contributed by atoms with E-state index in [1.165, 1.54) is 4.31 Å². The Labute approximate surface area is 181 Å². The third-order valence-electron chi connectivity index (χ3n) is 5.72. The van der Waals surface area contributed by atoms with E-state index in [9.17, 15) is 18.0 Å². The number of nitrogens with zero attached hydrogens (tertiary/aromatic N) is 2. The highest BCUT2D eigenvalue weighted by Crippen LogP contribution is 2.30. The molecule has 2 N–H and O–H groups in total. The predicted octanol–water partition coefficient (Wildman–Crippen LogP) is 2.26. The monoisotopic (exact) mass is 461 g/mol. The Morgan fingerprint density at radius 1 is 1.03 bits per heavy atom. The maximum atomic E-state index is 13.0. The summed E-state index contributed by atoms with van der Waals surface area (Å²) in [6, 6.07) is 4.88. The molecule has 0 spiro atoms. The molecule has 0 saturated carbocycles. The normalized spacial score (nSPS) is 21.9. The molecule has 2 heterocycles. The van der Waals surface area contributed by atoms with Gasteiger partial charge in [0.25, 0.3) is 0 Å². The Kier molecular flexibility index (Phi) is 7.09. The maximum absolute atomic E-state index is 13.0. The summed E-state index contributed by atoms with van der Waals surface area (Å²) in [5.74, 6) is -1.25. The second kappa shape index (κ2) is 9.20. The van der Waals surface area contributed by atoms with Crippen LogP contribution >= 0.6 is 23.2 Å². The van der Waals surface area contributed by atoms with E-state index in [2.05, 4.69) is 0 Å². The van der Waals surface area contributed by atoms with Crippen LogP contribution in [0.25, 0.3) is 0 Å². The lowest BCUT2D eigenvalue weighted by molar-refractivity contribution is -0.139. The number of benzene rings is 1. The second-order valence-electron chi connectivity index (χ2n) is 7.66. The zero-order valence-corrected chi connectivity index (χ0v) is 18.3. The lowest BCUT2D eigenvalue weighted by Crippen LogP contribution is -2.49. The van der Waals surface area contributed by atoms with E-state index < -0.39 is 10.0 Å². The fourth-order valence-electron chi connectivity index (χ4n) is 3.98. The van der Waals surface area contributed by atoms with Crippen molar-refractivity contribution in [2.45, 2.75) is 31.4 Å². The van der Waals surface area contributed by atoms with E-state index in [0.29, 0.717) is 60.9 Å². The Bertz CT molecular complexity index is 865. The molecule has 0 bridgehead atoms. The number of halogens is 2. The molecule has 10 heteroatoms. The van der Waals surface area contributed by atoms with Crippen LogP contribution in [0.4, 0.5) is 0 Å². The first-order valence-corrected chi connectivity index (χ1v) is 12.0. The fourth-order valence-corrected chi connectivity index (χ4v) is 6.35. The molecule has 3 rings (SSSR count). The quantitative estimate of drug-likeness (QED) is 0.726. The fraction of sp³-hybridized carbons (Fsp3) is 0.579. The molecule has 1 aromatic carbocycles. The zero-order valence-electron chi connectivity index (χ0n) is 16.0. The van der Waals surface area contributed by atoms with Crippen LogP contribution in [0.15, 0.2) is 18.2 Å². The highest BCUT2D eigenvalue weighted by molar-refractivity contribution is 7.88. The van der Waals surface area contributed by atoms with Gasteiger partial charge >= 0.3 is 0 Å². The largest absolute Gasteiger partial charge is 0.369 e. The molecule has 0 aliphatic carbocycles. The Morgan fingerprint density at radius 3 is 2.24 bits per heavy atom. The number of likely N-dealkylation sites (tertiary alicyclic amines) is 1. The number of sulfonamides is 1. The number of nitrogens with two attached hydrogens (primary N) is 1. The van der Waals surface area contributed by atoms with Crippen molar-refractivity contribution in [1.29, 1.82) is 0 Å². The van der Waals surface area contributed by atoms with Crippen molar-refractivity contribution in [3.05, 3.63) is 33.8 Å². The number of primary amides is 1. The summed E-state index contributed by atoms with van der Waals surface area (Å²) in [7, 11) is -3.67. The van der Waals surface area contributed by atoms with E-state index in [0.717, 1.165) is 0 Å². The number of piperidine rings is 2. The smallest absolute Gasteiger partial charge is 0.227 e. The molecule has 2 aliphatic heterocycles. The molecule has 0 unspecified atom stereocenters. The third kappa shape index (κ3) is 5.23. The standard InChI is InChI=1S/C19H25Cl2N3O4S/c20-16-4-1-5-17(21)15(16)12-29(27,28)24-8-2-3-14(11-24)19(26)23-9-6-13(7-10-23)18(22)25/h1,4-5,13-14H,2-3,6-12H2,(H2,22,25)/t14-/m0/s1. The van der Waals surface area contributed by atoms with Gasteiger partial charge < -0.3 is 10.6 Å². The molecule has 29 heavy (non-hydrogen) atoms. The van der Waals surface area contributed by atoms with E-state index in [1.807, 2.05) is 0 Å². The second-order valence-corrected chi connectivity index (χ2v) is 10.4. The maximum Gasteiger partial charge on any atom is 0.227 e. The van der Waals surface area contributed by atoms with Crippen molar-refractivity contribution in [2.24, 2.45) is 17.6 Å². The topological polar surface area (TPSA) is 101 Å². The number of hydrogen-bond acceptors (Lipinski definition) is 4. The molecule has 2 aliphatic rings. The molecule has 2 amide bonds. The predicted molar refractivity (Wildman–Crippen MR) is 112 cm³/mol. The van der Waals surface area contributed by atoms with Crippen molar-refractivity contribution in [3.63, 3.8) is 0 Å². The van der Waals surface area contributed by atoms with Gasteiger partial charge in [-0.05, 0) is 37.8 Å². The van der Waals surface area contributed by atoms with E-state index in [1.54, 1.807) is 23.1 Å². The molecule has 0 radical (unpaired) electrons. The SMILES string of the molecule is NC(=O)C1CCN(C(=O)[C@H]2CCCN(S(=O)(=O)Cc3c(Cl)cccc3Cl)C2)CC1. The molecule has 160 valence electrons. The van der Waals surface area contributed by atoms with Gasteiger partial charge in [-0.25, -0.2) is 12.7 Å². The van der Waals surface area contributed by atoms with Crippen LogP contribution in [-0.2, 0) is 25.4 Å². The Hall–Kier alpha value is -1.35. The summed E-state index contributed by atoms with van der Waals surface area (Å²) in [5.41, 5.74) is 5.72. The molecular weight excluding hydrogens is 437 g/mol. The van der Waals surface area contributed by atoms with Crippen LogP contribution in [0, 0.1) is 11.8 Å². The van der Waals surface area contributed by atoms with E-state index in [4.69, 9.17) is 28.9 Å². The van der Waals surface area contributed by atoms with Crippen LogP contribution in [0.5, 0.6) is 0 Å². The summed E-state index contributed by atoms with van der Waals surface area (Å²) in [5, 5.41) is 0.617. The first kappa shape index (κ1) is 22.3. The minimum absolute atomic E-state index is 0.0522. The van der Waals surface area contributed by atoms with Gasteiger partial charge in [-0.2, -0.15) is 0 Å². The average molecular weight is 462 g/mol. The highest BCUT2D eigenvalue weighted by atomic mass is 35.5. The van der Waals surface area contributed by atoms with Gasteiger partial charge in [-0.1, -0.05) is 29.3 Å². The van der Waals surface area contributed by atoms with Crippen LogP contribution in [0.2, 0.25) is 10.0 Å². The third-order valence-corrected chi connectivity index (χ3v) is 8.20. The van der Waals surface area contributed by atoms with E-state index in [-0.39, 0.29) is 35.9 Å². The number of carbonyl (C=O) groups is 2. The van der Waals surface area contributed by atoms with Gasteiger partial charge in [0.1, 0.15) is 0 Å². The lowest BCUT2D eigenvalue weighted by atomic mass is 9.93. The van der Waals surface area contributed by atoms with Gasteiger partial charge in [0.15, 0.2) is 0 Å². The van der Waals surface area contributed by atoms with Crippen molar-refractivity contribution in [2.75, 3.05) is 26.2 Å². The minimum Gasteiger partial charge on any atom is -0.369 e. The number of amides is 2. The van der Waals surface area contributed by atoms with Crippen molar-refractivity contribution in [3.8, 4) is 0 Å². The van der Waals surface area contributed by atoms with E-state index >= 15 is 0 Å². The molecule has 1 atom stereocenters. The van der Waals surface area contributed by atoms with Crippen LogP contribution in [0.1, 0.15) is 31.2 Å². The molecular formula is C19H25Cl2N3O4S. The summed E-state index contributed by atoms with van der Waals surface area (Å²) in [6.45, 7) is 1.48. The molecule has 1 aromatic rings. The van der Waals surface area contributed by atoms with Gasteiger partial charge in [-0.15, -0.1) is 0 Å². The number of rotatable bonds is 5. The number of hydrogen-bond donors (Lipinski definition) is 1. The first-order valence-electron chi connectivity index (χ1n) is 9.68. The van der Waals surface area contributed by atoms with Gasteiger partial charge in [0, 0.05) is 47.7 Å². The summed E-state index contributed by atoms with van der Waals surface area (Å²) in [4.78, 5) is 26.0. The molecule has 0 aromatic heterocycles. The Balaban J connectivity index is 1.65. The van der Waals surface area contributed by atoms with Crippen molar-refractivity contribution in [1.82, 2.24) is 9.21 Å². The molecule has 2 fully saturated rings. The summed E-state index contributed by atoms with van der Waals surface area (Å²) < 4.78 is 27.3. The van der Waals surface area contributed by atoms with Crippen LogP contribution in [0.3, 0.4) is 0 Å². The lowest BCUT2D eigenvalue weighted by Gasteiger charge is -2.37. The highest BCUT2D eigenvalue weighted by Gasteiger charge is 2.36. The molecule has 2 saturated heterocycles. The van der Waals surface area contributed by atoms with Crippen molar-refractivity contribution >= 4 is 45.0 Å². The summed E-state index contributed by atoms with van der Waals surface area (Å²) >= 11 is 12.3. The van der Waals surface area contributed by atoms with Gasteiger partial charge in [-0.3, -0.25) is 9.59 Å². The van der Waals surface area contributed by atoms with Gasteiger partial charge in [0.05, 0.1) is 11.7 Å². The summed E-state index contributed by atoms with van der Waals surface area (Å²) in [6.07, 6.45) is 2.37. The first-order chi connectivity index (χ1) is 13.7. The van der Waals surface area contributed by atoms with Crippen LogP contribution < -0.4 is 5.73 Å². The molecule has 7 nitrogen and oxygen atoms in total. The number of carbonyl (C=O) groups excluding carboxylic acids is 2. The average Bonchev–Trinajstić information content (AvgIpc) is 2.70. The van der Waals surface area contributed by atoms with Crippen LogP contribution in [-0.4, -0.2) is 55.6 Å². The zero-order chi connectivity index (χ0) is 21.2.